The molecule has 5 heteroatoms. The molecule has 1 N–H and O–H groups in total. The monoisotopic (exact) mass is 320 g/mol. The molecule has 0 bridgehead atoms. The van der Waals surface area contributed by atoms with Crippen molar-refractivity contribution in [1.82, 2.24) is 10.3 Å². The molecule has 2 heterocycles. The van der Waals surface area contributed by atoms with Crippen molar-refractivity contribution in [2.45, 2.75) is 31.7 Å². The number of nitriles is 1. The molecule has 4 rings (SSSR count). The SMILES string of the molecule is N#Cc1cc(N2CCCC(NC(=O)C3CC3)C2)nc2ccccc12. The first-order valence-corrected chi connectivity index (χ1v) is 8.60. The number of anilines is 1. The number of para-hydroxylation sites is 1. The van der Waals surface area contributed by atoms with Crippen LogP contribution in [0.1, 0.15) is 31.2 Å². The summed E-state index contributed by atoms with van der Waals surface area (Å²) in [6.07, 6.45) is 4.08. The third kappa shape index (κ3) is 2.92. The van der Waals surface area contributed by atoms with Gasteiger partial charge in [-0.3, -0.25) is 4.79 Å². The third-order valence-corrected chi connectivity index (χ3v) is 4.86. The Morgan fingerprint density at radius 3 is 2.92 bits per heavy atom. The van der Waals surface area contributed by atoms with E-state index in [1.807, 2.05) is 30.3 Å². The van der Waals surface area contributed by atoms with Gasteiger partial charge in [0.1, 0.15) is 5.82 Å². The molecule has 5 nitrogen and oxygen atoms in total. The fraction of sp³-hybridized carbons (Fsp3) is 0.421. The minimum absolute atomic E-state index is 0.172. The van der Waals surface area contributed by atoms with Gasteiger partial charge in [-0.25, -0.2) is 4.98 Å². The smallest absolute Gasteiger partial charge is 0.223 e. The Hall–Kier alpha value is -2.61. The molecule has 1 aliphatic carbocycles. The van der Waals surface area contributed by atoms with E-state index >= 15 is 0 Å². The molecular weight excluding hydrogens is 300 g/mol. The van der Waals surface area contributed by atoms with Crippen molar-refractivity contribution in [1.29, 1.82) is 5.26 Å². The number of hydrogen-bond acceptors (Lipinski definition) is 4. The first kappa shape index (κ1) is 14.9. The van der Waals surface area contributed by atoms with Gasteiger partial charge in [-0.05, 0) is 37.8 Å². The van der Waals surface area contributed by atoms with E-state index in [1.165, 1.54) is 0 Å². The zero-order valence-corrected chi connectivity index (χ0v) is 13.5. The van der Waals surface area contributed by atoms with Crippen molar-refractivity contribution < 1.29 is 4.79 Å². The minimum atomic E-state index is 0.172. The second kappa shape index (κ2) is 6.12. The van der Waals surface area contributed by atoms with E-state index in [0.717, 1.165) is 55.5 Å². The number of nitrogens with zero attached hydrogens (tertiary/aromatic N) is 3. The van der Waals surface area contributed by atoms with Gasteiger partial charge in [0.15, 0.2) is 0 Å². The van der Waals surface area contributed by atoms with Crippen LogP contribution in [0.5, 0.6) is 0 Å². The van der Waals surface area contributed by atoms with Gasteiger partial charge in [0.05, 0.1) is 17.1 Å². The number of carbonyl (C=O) groups is 1. The summed E-state index contributed by atoms with van der Waals surface area (Å²) in [6.45, 7) is 1.67. The highest BCUT2D eigenvalue weighted by Gasteiger charge is 2.32. The topological polar surface area (TPSA) is 69.0 Å². The van der Waals surface area contributed by atoms with E-state index < -0.39 is 0 Å². The van der Waals surface area contributed by atoms with Crippen molar-refractivity contribution in [2.24, 2.45) is 5.92 Å². The summed E-state index contributed by atoms with van der Waals surface area (Å²) in [5.74, 6) is 1.27. The molecule has 1 saturated heterocycles. The normalized spacial score (nSPS) is 20.6. The molecule has 122 valence electrons. The molecule has 2 aromatic rings. The maximum absolute atomic E-state index is 12.0. The van der Waals surface area contributed by atoms with Gasteiger partial charge in [-0.1, -0.05) is 18.2 Å². The summed E-state index contributed by atoms with van der Waals surface area (Å²) in [5.41, 5.74) is 1.50. The lowest BCUT2D eigenvalue weighted by atomic mass is 10.0. The lowest BCUT2D eigenvalue weighted by Gasteiger charge is -2.34. The second-order valence-corrected chi connectivity index (χ2v) is 6.72. The summed E-state index contributed by atoms with van der Waals surface area (Å²) in [6, 6.07) is 12.1. The van der Waals surface area contributed by atoms with Crippen LogP contribution in [0.15, 0.2) is 30.3 Å². The van der Waals surface area contributed by atoms with E-state index in [9.17, 15) is 10.1 Å². The van der Waals surface area contributed by atoms with E-state index in [2.05, 4.69) is 16.3 Å². The van der Waals surface area contributed by atoms with E-state index in [4.69, 9.17) is 4.98 Å². The van der Waals surface area contributed by atoms with Crippen molar-refractivity contribution in [3.8, 4) is 6.07 Å². The predicted octanol–water partition coefficient (Wildman–Crippen LogP) is 2.60. The first-order valence-electron chi connectivity index (χ1n) is 8.60. The van der Waals surface area contributed by atoms with Crippen LogP contribution in [0, 0.1) is 17.2 Å². The van der Waals surface area contributed by atoms with E-state index in [-0.39, 0.29) is 17.9 Å². The number of fused-ring (bicyclic) bond motifs is 1. The van der Waals surface area contributed by atoms with Gasteiger partial charge in [-0.2, -0.15) is 5.26 Å². The van der Waals surface area contributed by atoms with Crippen LogP contribution in [0.2, 0.25) is 0 Å². The standard InChI is InChI=1S/C19H20N4O/c20-11-14-10-18(22-17-6-2-1-5-16(14)17)23-9-3-4-15(12-23)21-19(24)13-7-8-13/h1-2,5-6,10,13,15H,3-4,7-9,12H2,(H,21,24). The highest BCUT2D eigenvalue weighted by molar-refractivity contribution is 5.86. The molecule has 24 heavy (non-hydrogen) atoms. The highest BCUT2D eigenvalue weighted by Crippen LogP contribution is 2.30. The number of piperidine rings is 1. The molecule has 1 unspecified atom stereocenters. The third-order valence-electron chi connectivity index (χ3n) is 4.86. The maximum Gasteiger partial charge on any atom is 0.223 e. The van der Waals surface area contributed by atoms with Crippen LogP contribution in [0.3, 0.4) is 0 Å². The minimum Gasteiger partial charge on any atom is -0.355 e. The number of carbonyl (C=O) groups excluding carboxylic acids is 1. The predicted molar refractivity (Wildman–Crippen MR) is 92.6 cm³/mol. The Morgan fingerprint density at radius 1 is 1.29 bits per heavy atom. The maximum atomic E-state index is 12.0. The van der Waals surface area contributed by atoms with Crippen LogP contribution in [-0.2, 0) is 4.79 Å². The van der Waals surface area contributed by atoms with Gasteiger partial charge >= 0.3 is 0 Å². The lowest BCUT2D eigenvalue weighted by Crippen LogP contribution is -2.48. The number of benzene rings is 1. The molecule has 1 saturated carbocycles. The van der Waals surface area contributed by atoms with Gasteiger partial charge in [0.2, 0.25) is 5.91 Å². The highest BCUT2D eigenvalue weighted by atomic mass is 16.2. The zero-order valence-electron chi connectivity index (χ0n) is 13.5. The van der Waals surface area contributed by atoms with E-state index in [1.54, 1.807) is 0 Å². The zero-order chi connectivity index (χ0) is 16.5. The van der Waals surface area contributed by atoms with Gasteiger partial charge in [-0.15, -0.1) is 0 Å². The summed E-state index contributed by atoms with van der Waals surface area (Å²) in [4.78, 5) is 18.9. The number of rotatable bonds is 3. The van der Waals surface area contributed by atoms with Crippen molar-refractivity contribution in [3.63, 3.8) is 0 Å². The quantitative estimate of drug-likeness (QED) is 0.944. The average molecular weight is 320 g/mol. The fourth-order valence-electron chi connectivity index (χ4n) is 3.38. The second-order valence-electron chi connectivity index (χ2n) is 6.72. The van der Waals surface area contributed by atoms with Crippen LogP contribution >= 0.6 is 0 Å². The average Bonchev–Trinajstić information content (AvgIpc) is 3.46. The molecular formula is C19H20N4O. The fourth-order valence-corrected chi connectivity index (χ4v) is 3.38. The summed E-state index contributed by atoms with van der Waals surface area (Å²) in [5, 5.41) is 13.5. The number of aromatic nitrogens is 1. The lowest BCUT2D eigenvalue weighted by molar-refractivity contribution is -0.123. The molecule has 1 aliphatic heterocycles. The Balaban J connectivity index is 1.57. The Labute approximate surface area is 141 Å². The van der Waals surface area contributed by atoms with Crippen LogP contribution in [-0.4, -0.2) is 30.0 Å². The molecule has 0 radical (unpaired) electrons. The van der Waals surface area contributed by atoms with Crippen molar-refractivity contribution in [2.75, 3.05) is 18.0 Å². The number of pyridine rings is 1. The Bertz CT molecular complexity index is 822. The molecule has 1 amide bonds. The van der Waals surface area contributed by atoms with Gasteiger partial charge in [0, 0.05) is 30.4 Å². The number of amides is 1. The van der Waals surface area contributed by atoms with Crippen molar-refractivity contribution in [3.05, 3.63) is 35.9 Å². The summed E-state index contributed by atoms with van der Waals surface area (Å²) in [7, 11) is 0. The van der Waals surface area contributed by atoms with Gasteiger partial charge in [0.25, 0.3) is 0 Å². The molecule has 1 aromatic carbocycles. The Morgan fingerprint density at radius 2 is 2.12 bits per heavy atom. The van der Waals surface area contributed by atoms with Crippen LogP contribution in [0.4, 0.5) is 5.82 Å². The molecule has 2 aliphatic rings. The number of hydrogen-bond donors (Lipinski definition) is 1. The Kier molecular flexibility index (Phi) is 3.81. The molecule has 2 fully saturated rings. The van der Waals surface area contributed by atoms with Crippen molar-refractivity contribution >= 4 is 22.6 Å². The van der Waals surface area contributed by atoms with Crippen LogP contribution in [0.25, 0.3) is 10.9 Å². The number of nitrogens with one attached hydrogen (secondary N) is 1. The van der Waals surface area contributed by atoms with Gasteiger partial charge < -0.3 is 10.2 Å². The summed E-state index contributed by atoms with van der Waals surface area (Å²) >= 11 is 0. The molecule has 1 atom stereocenters. The molecule has 1 aromatic heterocycles. The van der Waals surface area contributed by atoms with E-state index in [0.29, 0.717) is 5.56 Å². The first-order chi connectivity index (χ1) is 11.7. The van der Waals surface area contributed by atoms with Crippen LogP contribution < -0.4 is 10.2 Å². The summed E-state index contributed by atoms with van der Waals surface area (Å²) < 4.78 is 0. The molecule has 0 spiro atoms. The largest absolute Gasteiger partial charge is 0.355 e.